The first-order valence-corrected chi connectivity index (χ1v) is 9.47. The zero-order chi connectivity index (χ0) is 16.9. The Hall–Kier alpha value is -1.84. The molecule has 1 aliphatic rings. The Morgan fingerprint density at radius 2 is 2.04 bits per heavy atom. The quantitative estimate of drug-likeness (QED) is 0.746. The molecule has 1 aliphatic heterocycles. The Morgan fingerprint density at radius 3 is 2.75 bits per heavy atom. The molecule has 2 aromatic heterocycles. The van der Waals surface area contributed by atoms with E-state index >= 15 is 0 Å². The van der Waals surface area contributed by atoms with Gasteiger partial charge in [0.05, 0.1) is 23.8 Å². The van der Waals surface area contributed by atoms with Crippen molar-refractivity contribution in [2.75, 3.05) is 11.4 Å². The Labute approximate surface area is 145 Å². The van der Waals surface area contributed by atoms with Crippen molar-refractivity contribution < 1.29 is 0 Å². The minimum absolute atomic E-state index is 0.667. The molecule has 0 aliphatic carbocycles. The molecule has 0 amide bonds. The summed E-state index contributed by atoms with van der Waals surface area (Å²) in [4.78, 5) is 7.39. The zero-order valence-electron chi connectivity index (χ0n) is 15.3. The van der Waals surface area contributed by atoms with E-state index in [2.05, 4.69) is 36.1 Å². The van der Waals surface area contributed by atoms with Crippen LogP contribution in [-0.2, 0) is 13.5 Å². The van der Waals surface area contributed by atoms with Gasteiger partial charge in [-0.25, -0.2) is 0 Å². The molecule has 0 spiro atoms. The summed E-state index contributed by atoms with van der Waals surface area (Å²) in [5.41, 5.74) is 4.97. The van der Waals surface area contributed by atoms with E-state index in [1.54, 1.807) is 0 Å². The molecule has 0 aromatic carbocycles. The molecule has 4 heteroatoms. The van der Waals surface area contributed by atoms with Crippen molar-refractivity contribution in [1.29, 1.82) is 0 Å². The molecule has 0 radical (unpaired) electrons. The lowest BCUT2D eigenvalue weighted by Crippen LogP contribution is -2.39. The molecule has 3 rings (SSSR count). The smallest absolute Gasteiger partial charge is 0.0737 e. The van der Waals surface area contributed by atoms with Crippen molar-refractivity contribution in [3.8, 4) is 11.3 Å². The van der Waals surface area contributed by atoms with Gasteiger partial charge in [-0.05, 0) is 37.3 Å². The number of fused-ring (bicyclic) bond motifs is 1. The Bertz CT molecular complexity index is 661. The molecular formula is C20H30N4. The number of anilines is 1. The fourth-order valence-electron chi connectivity index (χ4n) is 3.83. The monoisotopic (exact) mass is 326 g/mol. The van der Waals surface area contributed by atoms with Gasteiger partial charge in [0.15, 0.2) is 0 Å². The molecule has 1 unspecified atom stereocenters. The van der Waals surface area contributed by atoms with Gasteiger partial charge in [-0.1, -0.05) is 33.1 Å². The average molecular weight is 326 g/mol. The topological polar surface area (TPSA) is 34.0 Å². The third-order valence-electron chi connectivity index (χ3n) is 5.07. The number of hydrogen-bond donors (Lipinski definition) is 0. The lowest BCUT2D eigenvalue weighted by atomic mass is 9.96. The van der Waals surface area contributed by atoms with Crippen molar-refractivity contribution in [2.24, 2.45) is 7.05 Å². The van der Waals surface area contributed by atoms with Crippen LogP contribution in [0, 0.1) is 0 Å². The first-order chi connectivity index (χ1) is 11.7. The highest BCUT2D eigenvalue weighted by Crippen LogP contribution is 2.33. The lowest BCUT2D eigenvalue weighted by molar-refractivity contribution is 0.477. The highest BCUT2D eigenvalue weighted by Gasteiger charge is 2.24. The summed E-state index contributed by atoms with van der Waals surface area (Å²) in [5.74, 6) is 0. The predicted octanol–water partition coefficient (Wildman–Crippen LogP) is 4.59. The maximum atomic E-state index is 4.75. The van der Waals surface area contributed by atoms with Gasteiger partial charge >= 0.3 is 0 Å². The van der Waals surface area contributed by atoms with Crippen molar-refractivity contribution in [2.45, 2.75) is 64.8 Å². The maximum Gasteiger partial charge on any atom is 0.0737 e. The second kappa shape index (κ2) is 7.82. The minimum atomic E-state index is 0.667. The van der Waals surface area contributed by atoms with Crippen LogP contribution in [0.1, 0.15) is 57.9 Å². The second-order valence-electron chi connectivity index (χ2n) is 6.98. The molecule has 0 N–H and O–H groups in total. The molecule has 0 bridgehead atoms. The van der Waals surface area contributed by atoms with Gasteiger partial charge in [-0.3, -0.25) is 9.67 Å². The summed E-state index contributed by atoms with van der Waals surface area (Å²) in [7, 11) is 1.95. The van der Waals surface area contributed by atoms with E-state index in [-0.39, 0.29) is 0 Å². The molecule has 2 aromatic rings. The summed E-state index contributed by atoms with van der Waals surface area (Å²) in [6.45, 7) is 5.76. The first-order valence-electron chi connectivity index (χ1n) is 9.47. The van der Waals surface area contributed by atoms with Crippen LogP contribution in [0.15, 0.2) is 24.7 Å². The lowest BCUT2D eigenvalue weighted by Gasteiger charge is -2.38. The van der Waals surface area contributed by atoms with Gasteiger partial charge in [0, 0.05) is 31.4 Å². The van der Waals surface area contributed by atoms with E-state index in [0.29, 0.717) is 6.04 Å². The van der Waals surface area contributed by atoms with Gasteiger partial charge in [-0.15, -0.1) is 0 Å². The number of aryl methyl sites for hydroxylation is 2. The zero-order valence-corrected chi connectivity index (χ0v) is 15.3. The van der Waals surface area contributed by atoms with Crippen molar-refractivity contribution >= 4 is 5.69 Å². The predicted molar refractivity (Wildman–Crippen MR) is 100 cm³/mol. The van der Waals surface area contributed by atoms with Crippen LogP contribution in [0.3, 0.4) is 0 Å². The van der Waals surface area contributed by atoms with Crippen LogP contribution >= 0.6 is 0 Å². The fourth-order valence-corrected chi connectivity index (χ4v) is 3.83. The van der Waals surface area contributed by atoms with E-state index in [1.165, 1.54) is 56.3 Å². The van der Waals surface area contributed by atoms with Gasteiger partial charge in [-0.2, -0.15) is 5.10 Å². The number of pyridine rings is 1. The molecule has 0 saturated heterocycles. The van der Waals surface area contributed by atoms with E-state index in [4.69, 9.17) is 4.98 Å². The molecule has 0 fully saturated rings. The molecule has 4 nitrogen and oxygen atoms in total. The minimum Gasteiger partial charge on any atom is -0.367 e. The van der Waals surface area contributed by atoms with E-state index < -0.39 is 0 Å². The number of unbranched alkanes of at least 4 members (excludes halogenated alkanes) is 1. The highest BCUT2D eigenvalue weighted by molar-refractivity contribution is 5.64. The van der Waals surface area contributed by atoms with Crippen LogP contribution < -0.4 is 4.90 Å². The first kappa shape index (κ1) is 17.0. The van der Waals surface area contributed by atoms with Gasteiger partial charge in [0.1, 0.15) is 0 Å². The Balaban J connectivity index is 1.87. The summed E-state index contributed by atoms with van der Waals surface area (Å²) >= 11 is 0. The van der Waals surface area contributed by atoms with E-state index in [0.717, 1.165) is 17.7 Å². The van der Waals surface area contributed by atoms with E-state index in [9.17, 15) is 0 Å². The Morgan fingerprint density at radius 1 is 1.17 bits per heavy atom. The van der Waals surface area contributed by atoms with Crippen LogP contribution in [0.25, 0.3) is 11.3 Å². The normalized spacial score (nSPS) is 15.4. The van der Waals surface area contributed by atoms with E-state index in [1.807, 2.05) is 24.1 Å². The summed E-state index contributed by atoms with van der Waals surface area (Å²) in [6, 6.07) is 2.95. The molecule has 1 atom stereocenters. The summed E-state index contributed by atoms with van der Waals surface area (Å²) in [6.07, 6.45) is 14.9. The largest absolute Gasteiger partial charge is 0.367 e. The van der Waals surface area contributed by atoms with Crippen molar-refractivity contribution in [3.05, 3.63) is 30.2 Å². The van der Waals surface area contributed by atoms with Gasteiger partial charge in [0.25, 0.3) is 0 Å². The van der Waals surface area contributed by atoms with Crippen LogP contribution in [0.5, 0.6) is 0 Å². The molecule has 3 heterocycles. The standard InChI is InChI=1S/C20H30N4/c1-4-6-10-18(8-5-2)24-11-7-9-16-12-19(21-14-20(16)24)17-13-22-23(3)15-17/h12-15,18H,4-11H2,1-3H3. The summed E-state index contributed by atoms with van der Waals surface area (Å²) < 4.78 is 1.84. The van der Waals surface area contributed by atoms with Crippen LogP contribution in [0.4, 0.5) is 5.69 Å². The van der Waals surface area contributed by atoms with Crippen molar-refractivity contribution in [3.63, 3.8) is 0 Å². The molecular weight excluding hydrogens is 296 g/mol. The van der Waals surface area contributed by atoms with Crippen LogP contribution in [-0.4, -0.2) is 27.4 Å². The van der Waals surface area contributed by atoms with Crippen molar-refractivity contribution in [1.82, 2.24) is 14.8 Å². The van der Waals surface area contributed by atoms with Crippen LogP contribution in [0.2, 0.25) is 0 Å². The third-order valence-corrected chi connectivity index (χ3v) is 5.07. The second-order valence-corrected chi connectivity index (χ2v) is 6.98. The van der Waals surface area contributed by atoms with Gasteiger partial charge < -0.3 is 4.90 Å². The SMILES string of the molecule is CCCCC(CCC)N1CCCc2cc(-c3cnn(C)c3)ncc21. The van der Waals surface area contributed by atoms with Gasteiger partial charge in [0.2, 0.25) is 0 Å². The number of rotatable bonds is 7. The maximum absolute atomic E-state index is 4.75. The number of nitrogens with zero attached hydrogens (tertiary/aromatic N) is 4. The fraction of sp³-hybridized carbons (Fsp3) is 0.600. The molecule has 0 saturated carbocycles. The average Bonchev–Trinajstić information content (AvgIpc) is 3.04. The summed E-state index contributed by atoms with van der Waals surface area (Å²) in [5, 5.41) is 4.27. The number of aromatic nitrogens is 3. The number of hydrogen-bond acceptors (Lipinski definition) is 3. The molecule has 24 heavy (non-hydrogen) atoms. The molecule has 130 valence electrons. The highest BCUT2D eigenvalue weighted by atomic mass is 15.2. The Kier molecular flexibility index (Phi) is 5.54. The third kappa shape index (κ3) is 3.63.